The van der Waals surface area contributed by atoms with E-state index < -0.39 is 23.3 Å². The van der Waals surface area contributed by atoms with Gasteiger partial charge in [0.1, 0.15) is 12.1 Å². The molecule has 0 aliphatic carbocycles. The Morgan fingerprint density at radius 3 is 2.58 bits per heavy atom. The van der Waals surface area contributed by atoms with Gasteiger partial charge < -0.3 is 10.0 Å². The van der Waals surface area contributed by atoms with Crippen LogP contribution in [0.15, 0.2) is 36.9 Å². The Labute approximate surface area is 108 Å². The van der Waals surface area contributed by atoms with Crippen LogP contribution in [0.2, 0.25) is 0 Å². The maximum absolute atomic E-state index is 12.1. The zero-order valence-electron chi connectivity index (χ0n) is 9.98. The van der Waals surface area contributed by atoms with Gasteiger partial charge >= 0.3 is 5.97 Å². The number of carbonyl (C=O) groups is 2. The van der Waals surface area contributed by atoms with E-state index in [0.29, 0.717) is 0 Å². The van der Waals surface area contributed by atoms with Crippen LogP contribution in [0.25, 0.3) is 0 Å². The third kappa shape index (κ3) is 3.63. The number of nitro benzene ring substituents is 1. The summed E-state index contributed by atoms with van der Waals surface area (Å²) in [5.41, 5.74) is -0.498. The van der Waals surface area contributed by atoms with E-state index in [1.807, 2.05) is 0 Å². The number of amides is 1. The van der Waals surface area contributed by atoms with E-state index in [9.17, 15) is 19.7 Å². The summed E-state index contributed by atoms with van der Waals surface area (Å²) in [5, 5.41) is 19.5. The first-order valence-electron chi connectivity index (χ1n) is 5.32. The van der Waals surface area contributed by atoms with Crippen molar-refractivity contribution in [3.63, 3.8) is 0 Å². The van der Waals surface area contributed by atoms with E-state index in [1.54, 1.807) is 0 Å². The van der Waals surface area contributed by atoms with Crippen LogP contribution in [0.1, 0.15) is 10.4 Å². The lowest BCUT2D eigenvalue weighted by Gasteiger charge is -2.18. The number of hydrogen-bond acceptors (Lipinski definition) is 4. The Hall–Kier alpha value is -2.70. The number of nitro groups is 1. The fraction of sp³-hybridized carbons (Fsp3) is 0.167. The van der Waals surface area contributed by atoms with Gasteiger partial charge in [-0.1, -0.05) is 18.2 Å². The molecule has 0 spiro atoms. The third-order valence-electron chi connectivity index (χ3n) is 2.29. The fourth-order valence-corrected chi connectivity index (χ4v) is 1.52. The number of carboxylic acid groups (broad SMARTS) is 1. The van der Waals surface area contributed by atoms with Gasteiger partial charge in [0.2, 0.25) is 0 Å². The molecule has 100 valence electrons. The van der Waals surface area contributed by atoms with Gasteiger partial charge in [-0.05, 0) is 6.07 Å². The van der Waals surface area contributed by atoms with Gasteiger partial charge in [-0.15, -0.1) is 6.58 Å². The Kier molecular flexibility index (Phi) is 4.76. The summed E-state index contributed by atoms with van der Waals surface area (Å²) in [6, 6.07) is 5.40. The normalized spacial score (nSPS) is 9.68. The van der Waals surface area contributed by atoms with Crippen molar-refractivity contribution in [1.82, 2.24) is 4.90 Å². The van der Waals surface area contributed by atoms with Crippen LogP contribution < -0.4 is 0 Å². The molecule has 0 aliphatic rings. The Balaban J connectivity index is 3.12. The maximum atomic E-state index is 12.1. The zero-order chi connectivity index (χ0) is 14.4. The van der Waals surface area contributed by atoms with E-state index in [4.69, 9.17) is 5.11 Å². The molecule has 0 aliphatic heterocycles. The Bertz CT molecular complexity index is 527. The summed E-state index contributed by atoms with van der Waals surface area (Å²) in [6.07, 6.45) is 1.36. The molecule has 0 atom stereocenters. The minimum atomic E-state index is -1.20. The van der Waals surface area contributed by atoms with Crippen molar-refractivity contribution >= 4 is 17.6 Å². The van der Waals surface area contributed by atoms with Crippen LogP contribution in [0.4, 0.5) is 5.69 Å². The molecule has 1 N–H and O–H groups in total. The minimum Gasteiger partial charge on any atom is -0.480 e. The van der Waals surface area contributed by atoms with Gasteiger partial charge in [-0.3, -0.25) is 19.7 Å². The summed E-state index contributed by atoms with van der Waals surface area (Å²) in [5.74, 6) is -1.91. The summed E-state index contributed by atoms with van der Waals surface area (Å²) in [7, 11) is 0. The van der Waals surface area contributed by atoms with Gasteiger partial charge in [-0.2, -0.15) is 0 Å². The SMILES string of the molecule is C=CCN(CC(=O)O)C(=O)c1ccccc1[N+](=O)[O-]. The van der Waals surface area contributed by atoms with Crippen LogP contribution in [0.5, 0.6) is 0 Å². The maximum Gasteiger partial charge on any atom is 0.323 e. The van der Waals surface area contributed by atoms with Crippen molar-refractivity contribution in [3.8, 4) is 0 Å². The third-order valence-corrected chi connectivity index (χ3v) is 2.29. The highest BCUT2D eigenvalue weighted by atomic mass is 16.6. The van der Waals surface area contributed by atoms with Gasteiger partial charge in [-0.25, -0.2) is 0 Å². The Morgan fingerprint density at radius 1 is 1.42 bits per heavy atom. The van der Waals surface area contributed by atoms with E-state index in [0.717, 1.165) is 4.90 Å². The molecule has 0 aromatic heterocycles. The summed E-state index contributed by atoms with van der Waals surface area (Å²) < 4.78 is 0. The smallest absolute Gasteiger partial charge is 0.323 e. The molecule has 7 nitrogen and oxygen atoms in total. The standard InChI is InChI=1S/C12H12N2O5/c1-2-7-13(8-11(15)16)12(17)9-5-3-4-6-10(9)14(18)19/h2-6H,1,7-8H2,(H,15,16). The van der Waals surface area contributed by atoms with Gasteiger partial charge in [0.05, 0.1) is 4.92 Å². The van der Waals surface area contributed by atoms with Crippen LogP contribution in [0, 0.1) is 10.1 Å². The number of rotatable bonds is 6. The second-order valence-corrected chi connectivity index (χ2v) is 3.64. The van der Waals surface area contributed by atoms with Crippen LogP contribution >= 0.6 is 0 Å². The molecule has 0 fully saturated rings. The van der Waals surface area contributed by atoms with Crippen molar-refractivity contribution in [2.24, 2.45) is 0 Å². The van der Waals surface area contributed by atoms with Crippen LogP contribution in [0.3, 0.4) is 0 Å². The second-order valence-electron chi connectivity index (χ2n) is 3.64. The lowest BCUT2D eigenvalue weighted by Crippen LogP contribution is -2.36. The highest BCUT2D eigenvalue weighted by Crippen LogP contribution is 2.19. The highest BCUT2D eigenvalue weighted by molar-refractivity contribution is 5.99. The Morgan fingerprint density at radius 2 is 2.05 bits per heavy atom. The summed E-state index contributed by atoms with van der Waals surface area (Å²) in [4.78, 5) is 33.9. The van der Waals surface area contributed by atoms with Crippen molar-refractivity contribution in [1.29, 1.82) is 0 Å². The molecule has 0 saturated carbocycles. The van der Waals surface area contributed by atoms with Crippen molar-refractivity contribution in [3.05, 3.63) is 52.6 Å². The zero-order valence-corrected chi connectivity index (χ0v) is 9.98. The average Bonchev–Trinajstić information content (AvgIpc) is 2.37. The van der Waals surface area contributed by atoms with E-state index in [-0.39, 0.29) is 17.8 Å². The van der Waals surface area contributed by atoms with Gasteiger partial charge in [0, 0.05) is 12.6 Å². The molecule has 1 aromatic rings. The first kappa shape index (κ1) is 14.4. The molecular weight excluding hydrogens is 252 g/mol. The van der Waals surface area contributed by atoms with E-state index >= 15 is 0 Å². The van der Waals surface area contributed by atoms with Gasteiger partial charge in [0.25, 0.3) is 11.6 Å². The lowest BCUT2D eigenvalue weighted by atomic mass is 10.1. The van der Waals surface area contributed by atoms with Crippen LogP contribution in [-0.4, -0.2) is 39.9 Å². The predicted molar refractivity (Wildman–Crippen MR) is 66.8 cm³/mol. The second kappa shape index (κ2) is 6.29. The first-order chi connectivity index (χ1) is 8.97. The average molecular weight is 264 g/mol. The first-order valence-corrected chi connectivity index (χ1v) is 5.32. The number of carbonyl (C=O) groups excluding carboxylic acids is 1. The molecule has 0 saturated heterocycles. The molecular formula is C12H12N2O5. The van der Waals surface area contributed by atoms with Crippen molar-refractivity contribution < 1.29 is 19.6 Å². The van der Waals surface area contributed by atoms with Gasteiger partial charge in [0.15, 0.2) is 0 Å². The van der Waals surface area contributed by atoms with Crippen molar-refractivity contribution in [2.75, 3.05) is 13.1 Å². The van der Waals surface area contributed by atoms with E-state index in [1.165, 1.54) is 30.3 Å². The molecule has 7 heteroatoms. The minimum absolute atomic E-state index is 0.00280. The molecule has 1 rings (SSSR count). The van der Waals surface area contributed by atoms with E-state index in [2.05, 4.69) is 6.58 Å². The number of carboxylic acids is 1. The molecule has 1 aromatic carbocycles. The predicted octanol–water partition coefficient (Wildman–Crippen LogP) is 1.31. The number of aliphatic carboxylic acids is 1. The number of nitrogens with zero attached hydrogens (tertiary/aromatic N) is 2. The molecule has 19 heavy (non-hydrogen) atoms. The summed E-state index contributed by atoms with van der Waals surface area (Å²) >= 11 is 0. The molecule has 0 heterocycles. The number of hydrogen-bond donors (Lipinski definition) is 1. The number of para-hydroxylation sites is 1. The molecule has 0 bridgehead atoms. The summed E-state index contributed by atoms with van der Waals surface area (Å²) in [6.45, 7) is 2.87. The molecule has 0 unspecified atom stereocenters. The topological polar surface area (TPSA) is 101 Å². The monoisotopic (exact) mass is 264 g/mol. The lowest BCUT2D eigenvalue weighted by molar-refractivity contribution is -0.385. The fourth-order valence-electron chi connectivity index (χ4n) is 1.52. The van der Waals surface area contributed by atoms with Crippen molar-refractivity contribution in [2.45, 2.75) is 0 Å². The largest absolute Gasteiger partial charge is 0.480 e. The molecule has 1 amide bonds. The van der Waals surface area contributed by atoms with Crippen LogP contribution in [-0.2, 0) is 4.79 Å². The molecule has 0 radical (unpaired) electrons. The highest BCUT2D eigenvalue weighted by Gasteiger charge is 2.24. The quantitative estimate of drug-likeness (QED) is 0.474. The number of benzene rings is 1.